The molecule has 22 heavy (non-hydrogen) atoms. The standard InChI is InChI=1S/C14H13FN4O2S/c15-10-2-4-12(5-3-10)21-8-11(20)9-22-14-17-13-16-6-1-7-19(13)18-14/h1-7,11,20H,8-9H2. The number of ether oxygens (including phenoxy) is 1. The monoisotopic (exact) mass is 320 g/mol. The van der Waals surface area contributed by atoms with Crippen LogP contribution in [0.1, 0.15) is 0 Å². The van der Waals surface area contributed by atoms with Gasteiger partial charge in [0.15, 0.2) is 0 Å². The molecule has 0 fully saturated rings. The maximum Gasteiger partial charge on any atom is 0.253 e. The Kier molecular flexibility index (Phi) is 4.50. The summed E-state index contributed by atoms with van der Waals surface area (Å²) in [6, 6.07) is 7.42. The van der Waals surface area contributed by atoms with Crippen molar-refractivity contribution in [2.75, 3.05) is 12.4 Å². The van der Waals surface area contributed by atoms with E-state index >= 15 is 0 Å². The van der Waals surface area contributed by atoms with E-state index in [-0.39, 0.29) is 12.4 Å². The maximum absolute atomic E-state index is 12.8. The minimum atomic E-state index is -0.686. The van der Waals surface area contributed by atoms with E-state index < -0.39 is 6.10 Å². The first kappa shape index (κ1) is 14.7. The first-order valence-corrected chi connectivity index (χ1v) is 7.56. The van der Waals surface area contributed by atoms with Crippen LogP contribution in [-0.2, 0) is 0 Å². The van der Waals surface area contributed by atoms with Crippen LogP contribution in [0, 0.1) is 5.82 Å². The fourth-order valence-electron chi connectivity index (χ4n) is 1.72. The maximum atomic E-state index is 12.8. The molecule has 3 aromatic rings. The van der Waals surface area contributed by atoms with Crippen LogP contribution in [0.3, 0.4) is 0 Å². The Hall–Kier alpha value is -2.19. The molecule has 1 unspecified atom stereocenters. The van der Waals surface area contributed by atoms with Crippen molar-refractivity contribution in [2.24, 2.45) is 0 Å². The number of thioether (sulfide) groups is 1. The third-order valence-corrected chi connectivity index (χ3v) is 3.74. The number of rotatable bonds is 6. The van der Waals surface area contributed by atoms with Crippen molar-refractivity contribution in [3.8, 4) is 5.75 Å². The van der Waals surface area contributed by atoms with Gasteiger partial charge in [-0.15, -0.1) is 5.10 Å². The number of aliphatic hydroxyl groups excluding tert-OH is 1. The van der Waals surface area contributed by atoms with E-state index in [1.165, 1.54) is 36.0 Å². The van der Waals surface area contributed by atoms with Gasteiger partial charge >= 0.3 is 0 Å². The highest BCUT2D eigenvalue weighted by atomic mass is 32.2. The van der Waals surface area contributed by atoms with E-state index in [2.05, 4.69) is 15.1 Å². The van der Waals surface area contributed by atoms with Crippen LogP contribution in [0.2, 0.25) is 0 Å². The molecule has 3 rings (SSSR count). The summed E-state index contributed by atoms with van der Waals surface area (Å²) in [4.78, 5) is 8.29. The molecule has 0 bridgehead atoms. The Labute approximate surface area is 130 Å². The van der Waals surface area contributed by atoms with Gasteiger partial charge in [0.2, 0.25) is 5.16 Å². The van der Waals surface area contributed by atoms with Crippen LogP contribution < -0.4 is 4.74 Å². The summed E-state index contributed by atoms with van der Waals surface area (Å²) in [5.74, 6) is 1.09. The lowest BCUT2D eigenvalue weighted by molar-refractivity contribution is 0.126. The normalized spacial score (nSPS) is 12.5. The summed E-state index contributed by atoms with van der Waals surface area (Å²) >= 11 is 1.32. The van der Waals surface area contributed by atoms with E-state index in [9.17, 15) is 9.50 Å². The van der Waals surface area contributed by atoms with Gasteiger partial charge < -0.3 is 9.84 Å². The third-order valence-electron chi connectivity index (χ3n) is 2.76. The summed E-state index contributed by atoms with van der Waals surface area (Å²) in [7, 11) is 0. The van der Waals surface area contributed by atoms with Crippen LogP contribution in [-0.4, -0.2) is 43.2 Å². The topological polar surface area (TPSA) is 72.5 Å². The highest BCUT2D eigenvalue weighted by Gasteiger charge is 2.10. The second-order valence-corrected chi connectivity index (χ2v) is 5.48. The van der Waals surface area contributed by atoms with Crippen molar-refractivity contribution in [3.63, 3.8) is 0 Å². The predicted molar refractivity (Wildman–Crippen MR) is 79.4 cm³/mol. The zero-order valence-corrected chi connectivity index (χ0v) is 12.3. The Morgan fingerprint density at radius 2 is 2.14 bits per heavy atom. The number of fused-ring (bicyclic) bond motifs is 1. The summed E-state index contributed by atoms with van der Waals surface area (Å²) < 4.78 is 19.7. The Morgan fingerprint density at radius 3 is 2.91 bits per heavy atom. The fraction of sp³-hybridized carbons (Fsp3) is 0.214. The molecule has 6 nitrogen and oxygen atoms in total. The Balaban J connectivity index is 1.49. The van der Waals surface area contributed by atoms with Gasteiger partial charge in [-0.1, -0.05) is 11.8 Å². The molecule has 1 atom stereocenters. The third kappa shape index (κ3) is 3.71. The molecule has 0 saturated heterocycles. The lowest BCUT2D eigenvalue weighted by Crippen LogP contribution is -2.20. The second-order valence-electron chi connectivity index (χ2n) is 4.49. The van der Waals surface area contributed by atoms with Crippen molar-refractivity contribution in [3.05, 3.63) is 48.5 Å². The van der Waals surface area contributed by atoms with Gasteiger partial charge in [-0.3, -0.25) is 0 Å². The smallest absolute Gasteiger partial charge is 0.253 e. The quantitative estimate of drug-likeness (QED) is 0.698. The Bertz CT molecular complexity index is 717. The number of hydrogen-bond donors (Lipinski definition) is 1. The molecule has 114 valence electrons. The molecule has 0 aliphatic carbocycles. The van der Waals surface area contributed by atoms with Crippen LogP contribution >= 0.6 is 11.8 Å². The van der Waals surface area contributed by atoms with Gasteiger partial charge in [-0.05, 0) is 30.3 Å². The highest BCUT2D eigenvalue weighted by Crippen LogP contribution is 2.16. The van der Waals surface area contributed by atoms with Crippen molar-refractivity contribution in [1.82, 2.24) is 19.6 Å². The van der Waals surface area contributed by atoms with Gasteiger partial charge in [0, 0.05) is 18.1 Å². The van der Waals surface area contributed by atoms with Gasteiger partial charge in [0.1, 0.15) is 18.2 Å². The minimum absolute atomic E-state index is 0.115. The van der Waals surface area contributed by atoms with Crippen molar-refractivity contribution >= 4 is 17.5 Å². The summed E-state index contributed by atoms with van der Waals surface area (Å²) in [5, 5.41) is 14.7. The highest BCUT2D eigenvalue weighted by molar-refractivity contribution is 7.99. The van der Waals surface area contributed by atoms with E-state index in [1.807, 2.05) is 0 Å². The molecule has 0 saturated carbocycles. The van der Waals surface area contributed by atoms with Gasteiger partial charge in [-0.2, -0.15) is 4.98 Å². The largest absolute Gasteiger partial charge is 0.491 e. The molecule has 8 heteroatoms. The van der Waals surface area contributed by atoms with Crippen molar-refractivity contribution < 1.29 is 14.2 Å². The molecule has 0 amide bonds. The van der Waals surface area contributed by atoms with E-state index in [0.29, 0.717) is 22.4 Å². The molecule has 0 radical (unpaired) electrons. The molecule has 0 spiro atoms. The van der Waals surface area contributed by atoms with Crippen LogP contribution in [0.5, 0.6) is 5.75 Å². The zero-order valence-electron chi connectivity index (χ0n) is 11.5. The Morgan fingerprint density at radius 1 is 1.32 bits per heavy atom. The van der Waals surface area contributed by atoms with Crippen molar-refractivity contribution in [2.45, 2.75) is 11.3 Å². The van der Waals surface area contributed by atoms with Crippen LogP contribution in [0.4, 0.5) is 4.39 Å². The number of aliphatic hydroxyl groups is 1. The minimum Gasteiger partial charge on any atom is -0.491 e. The van der Waals surface area contributed by atoms with Crippen LogP contribution in [0.25, 0.3) is 5.78 Å². The SMILES string of the molecule is OC(COc1ccc(F)cc1)CSc1nc2ncccn2n1. The lowest BCUT2D eigenvalue weighted by Gasteiger charge is -2.11. The van der Waals surface area contributed by atoms with Crippen LogP contribution in [0.15, 0.2) is 47.9 Å². The number of aromatic nitrogens is 4. The number of nitrogens with zero attached hydrogens (tertiary/aromatic N) is 4. The second kappa shape index (κ2) is 6.71. The zero-order chi connectivity index (χ0) is 15.4. The first-order chi connectivity index (χ1) is 10.7. The van der Waals surface area contributed by atoms with E-state index in [1.54, 1.807) is 23.0 Å². The fourth-order valence-corrected chi connectivity index (χ4v) is 2.45. The number of hydrogen-bond acceptors (Lipinski definition) is 6. The van der Waals surface area contributed by atoms with E-state index in [4.69, 9.17) is 4.74 Å². The molecule has 0 aliphatic rings. The summed E-state index contributed by atoms with van der Waals surface area (Å²) in [5.41, 5.74) is 0. The molecular formula is C14H13FN4O2S. The van der Waals surface area contributed by atoms with Crippen molar-refractivity contribution in [1.29, 1.82) is 0 Å². The average Bonchev–Trinajstić information content (AvgIpc) is 2.95. The molecular weight excluding hydrogens is 307 g/mol. The van der Waals surface area contributed by atoms with E-state index in [0.717, 1.165) is 0 Å². The number of benzene rings is 1. The molecule has 1 N–H and O–H groups in total. The first-order valence-electron chi connectivity index (χ1n) is 6.57. The molecule has 0 aliphatic heterocycles. The summed E-state index contributed by atoms with van der Waals surface area (Å²) in [6.45, 7) is 0.115. The van der Waals surface area contributed by atoms with Gasteiger partial charge in [0.25, 0.3) is 5.78 Å². The number of halogens is 1. The molecule has 2 heterocycles. The lowest BCUT2D eigenvalue weighted by atomic mass is 10.3. The van der Waals surface area contributed by atoms with Gasteiger partial charge in [-0.25, -0.2) is 13.9 Å². The summed E-state index contributed by atoms with van der Waals surface area (Å²) in [6.07, 6.45) is 2.71. The molecule has 1 aromatic carbocycles. The van der Waals surface area contributed by atoms with Gasteiger partial charge in [0.05, 0.1) is 6.10 Å². The average molecular weight is 320 g/mol. The predicted octanol–water partition coefficient (Wildman–Crippen LogP) is 1.80. The molecule has 2 aromatic heterocycles.